The summed E-state index contributed by atoms with van der Waals surface area (Å²) in [6.45, 7) is 8.44. The fourth-order valence-electron chi connectivity index (χ4n) is 18.8. The van der Waals surface area contributed by atoms with Crippen LogP contribution in [0.3, 0.4) is 0 Å². The van der Waals surface area contributed by atoms with E-state index in [4.69, 9.17) is 24.4 Å². The molecule has 0 fully saturated rings. The molecule has 640 valence electrons. The molecule has 0 radical (unpaired) electrons. The molecule has 0 saturated heterocycles. The van der Waals surface area contributed by atoms with Crippen molar-refractivity contribution >= 4 is 147 Å². The number of aromatic nitrogens is 15. The Labute approximate surface area is 781 Å². The monoisotopic (exact) mass is 1910 g/mol. The topological polar surface area (TPSA) is 172 Å². The van der Waals surface area contributed by atoms with E-state index < -0.39 is 0 Å². The van der Waals surface area contributed by atoms with Gasteiger partial charge in [0, 0.05) is 107 Å². The molecule has 27 rings (SSSR count). The first-order valence-electron chi connectivity index (χ1n) is 44.0. The van der Waals surface area contributed by atoms with Gasteiger partial charge in [0.05, 0.1) is 38.7 Å². The Morgan fingerprint density at radius 1 is 0.246 bits per heavy atom. The largest absolute Gasteiger partial charge is 2.00 e. The number of ether oxygens (including phenoxy) is 3. The van der Waals surface area contributed by atoms with Crippen molar-refractivity contribution in [2.45, 2.75) is 27.7 Å². The minimum Gasteiger partial charge on any atom is -0.503 e. The molecule has 0 aliphatic rings. The molecule has 0 saturated carbocycles. The van der Waals surface area contributed by atoms with Crippen LogP contribution >= 0.6 is 0 Å². The van der Waals surface area contributed by atoms with Crippen LogP contribution in [0.1, 0.15) is 22.3 Å². The van der Waals surface area contributed by atoms with Crippen molar-refractivity contribution in [1.29, 1.82) is 0 Å². The van der Waals surface area contributed by atoms with Gasteiger partial charge in [-0.05, 0) is 205 Å². The molecule has 0 bridgehead atoms. The first-order chi connectivity index (χ1) is 65.6. The first-order valence-corrected chi connectivity index (χ1v) is 44.0. The Morgan fingerprint density at radius 3 is 1.10 bits per heavy atom. The molecule has 15 aromatic carbocycles. The summed E-state index contributed by atoms with van der Waals surface area (Å²) in [7, 11) is 0. The van der Waals surface area contributed by atoms with Gasteiger partial charge in [0.25, 0.3) is 0 Å². The van der Waals surface area contributed by atoms with Gasteiger partial charge >= 0.3 is 21.1 Å². The Balaban J connectivity index is 0.000000109. The number of rotatable bonds is 11. The molecule has 134 heavy (non-hydrogen) atoms. The van der Waals surface area contributed by atoms with E-state index in [1.807, 2.05) is 156 Å². The second-order valence-electron chi connectivity index (χ2n) is 33.1. The fraction of sp³-hybridized carbons (Fsp3) is 0.0348. The summed E-state index contributed by atoms with van der Waals surface area (Å²) in [5.41, 5.74) is 18.9. The first kappa shape index (κ1) is 81.2. The zero-order valence-corrected chi connectivity index (χ0v) is 75.0. The average Bonchev–Trinajstić information content (AvgIpc) is 1.46. The number of fused-ring (bicyclic) bond motifs is 27. The SMILES string of the molecule is Cc1ccccc1-c1nnc2c3[c-]c(Oc4[c-]c5c(cc4)c4ccccc4n5-c4ccccn4)ccc3c3ccccc3n12.Cc1ccccc1-c1nnc2c3cc(Oc4ccc5c6ccccc6n(-c6ccccn6)c5c4)ccc3c3ccccc3n12.Cc1ccccc1C.[Pt+2].c1ccc(-n2c3ccccc3c3ccc(Oc4ccc5c6ccccc6n6cnnc6c5c4)cc32)nc1. The predicted molar refractivity (Wildman–Crippen MR) is 534 cm³/mol. The second-order valence-corrected chi connectivity index (χ2v) is 33.1. The van der Waals surface area contributed by atoms with Gasteiger partial charge < -0.3 is 23.2 Å². The third-order valence-corrected chi connectivity index (χ3v) is 25.2. The Bertz CT molecular complexity index is 8910. The van der Waals surface area contributed by atoms with Gasteiger partial charge in [-0.2, -0.15) is 11.2 Å². The van der Waals surface area contributed by atoms with Crippen molar-refractivity contribution < 1.29 is 35.3 Å². The van der Waals surface area contributed by atoms with Crippen molar-refractivity contribution in [2.24, 2.45) is 0 Å². The van der Waals surface area contributed by atoms with Crippen LogP contribution in [0, 0.1) is 39.8 Å². The van der Waals surface area contributed by atoms with Crippen LogP contribution in [0.25, 0.3) is 188 Å². The van der Waals surface area contributed by atoms with Crippen LogP contribution in [0.5, 0.6) is 34.5 Å². The molecule has 0 amide bonds. The van der Waals surface area contributed by atoms with E-state index in [0.29, 0.717) is 11.5 Å². The quantitative estimate of drug-likeness (QED) is 0.0888. The Morgan fingerprint density at radius 2 is 0.604 bits per heavy atom. The van der Waals surface area contributed by atoms with Gasteiger partial charge in [-0.15, -0.1) is 55.1 Å². The van der Waals surface area contributed by atoms with Crippen LogP contribution in [-0.4, -0.2) is 72.4 Å². The second kappa shape index (κ2) is 33.9. The van der Waals surface area contributed by atoms with E-state index in [1.165, 1.54) is 21.9 Å². The van der Waals surface area contributed by atoms with Crippen LogP contribution in [-0.2, 0) is 21.1 Å². The van der Waals surface area contributed by atoms with Gasteiger partial charge in [-0.25, -0.2) is 15.0 Å². The number of pyridine rings is 6. The summed E-state index contributed by atoms with van der Waals surface area (Å²) in [6, 6.07) is 133. The summed E-state index contributed by atoms with van der Waals surface area (Å²) in [5, 5.41) is 43.7. The number of hydrogen-bond donors (Lipinski definition) is 0. The van der Waals surface area contributed by atoms with Gasteiger partial charge in [-0.1, -0.05) is 223 Å². The summed E-state index contributed by atoms with van der Waals surface area (Å²) < 4.78 is 32.3. The van der Waals surface area contributed by atoms with E-state index in [2.05, 4.69) is 328 Å². The van der Waals surface area contributed by atoms with E-state index in [0.717, 1.165) is 211 Å². The fourth-order valence-corrected chi connectivity index (χ4v) is 18.8. The molecule has 0 aliphatic heterocycles. The molecule has 27 aromatic rings. The third-order valence-electron chi connectivity index (χ3n) is 25.2. The molecule has 0 atom stereocenters. The molecular formula is C115H77N15O3Pt. The maximum atomic E-state index is 6.56. The van der Waals surface area contributed by atoms with E-state index in [-0.39, 0.29) is 21.1 Å². The molecule has 18 nitrogen and oxygen atoms in total. The molecule has 12 aromatic heterocycles. The Hall–Kier alpha value is -17.3. The van der Waals surface area contributed by atoms with Gasteiger partial charge in [-0.3, -0.25) is 17.9 Å². The Kier molecular flexibility index (Phi) is 20.6. The number of hydrogen-bond acceptors (Lipinski definition) is 12. The van der Waals surface area contributed by atoms with E-state index >= 15 is 0 Å². The molecule has 0 unspecified atom stereocenters. The van der Waals surface area contributed by atoms with Gasteiger partial charge in [0.15, 0.2) is 22.9 Å². The summed E-state index contributed by atoms with van der Waals surface area (Å²) >= 11 is 0. The summed E-state index contributed by atoms with van der Waals surface area (Å²) in [4.78, 5) is 13.9. The van der Waals surface area contributed by atoms with E-state index in [9.17, 15) is 0 Å². The number of aryl methyl sites for hydroxylation is 4. The van der Waals surface area contributed by atoms with Crippen molar-refractivity contribution in [2.75, 3.05) is 0 Å². The van der Waals surface area contributed by atoms with Gasteiger partial charge in [0.1, 0.15) is 46.8 Å². The normalized spacial score (nSPS) is 11.5. The summed E-state index contributed by atoms with van der Waals surface area (Å²) in [6.07, 6.45) is 7.21. The zero-order valence-electron chi connectivity index (χ0n) is 72.8. The van der Waals surface area contributed by atoms with E-state index in [1.54, 1.807) is 12.5 Å². The average molecular weight is 1910 g/mol. The van der Waals surface area contributed by atoms with Crippen LogP contribution in [0.4, 0.5) is 0 Å². The smallest absolute Gasteiger partial charge is 0.503 e. The van der Waals surface area contributed by atoms with Crippen LogP contribution in [0.2, 0.25) is 0 Å². The molecule has 0 aliphatic carbocycles. The van der Waals surface area contributed by atoms with Crippen molar-refractivity contribution in [3.63, 3.8) is 0 Å². The van der Waals surface area contributed by atoms with Crippen molar-refractivity contribution in [3.8, 4) is 74.7 Å². The van der Waals surface area contributed by atoms with Crippen molar-refractivity contribution in [1.82, 2.24) is 72.4 Å². The summed E-state index contributed by atoms with van der Waals surface area (Å²) in [5.74, 6) is 8.34. The molecule has 19 heteroatoms. The van der Waals surface area contributed by atoms with Crippen molar-refractivity contribution in [3.05, 3.63) is 429 Å². The van der Waals surface area contributed by atoms with Crippen LogP contribution in [0.15, 0.2) is 395 Å². The molecule has 12 heterocycles. The number of benzene rings is 15. The maximum Gasteiger partial charge on any atom is 2.00 e. The standard InChI is InChI=1S/C38H25N5O.C38H23N5O.C31H19N5O.C8H10.Pt/c2*1-24-10-2-3-11-27(24)37-40-41-38-32-22-25(17-19-28(32)29-12-4-7-15-34(29)43(37)38)44-26-18-20-31-30-13-5-6-14-33(30)42(35(31)23-26)36-16-8-9-21-39-36;1-3-9-27-23(7-1)22-14-12-20(17-26(22)31-34-33-19-35(27)31)37-21-13-15-25-24-8-2-4-10-28(24)36(29(25)18-21)30-11-5-6-16-32-30;1-7-5-3-4-6-8(7)2;/h2-23H,1H3;2-21H,1H3;1-19H;3-6H,1-2H3;/q;-2;;;+2. The minimum atomic E-state index is 0. The predicted octanol–water partition coefficient (Wildman–Crippen LogP) is 27.8. The minimum absolute atomic E-state index is 0. The molecule has 0 N–H and O–H groups in total. The zero-order chi connectivity index (χ0) is 88.7. The number of para-hydroxylation sites is 6. The molecule has 0 spiro atoms. The molecular weight excluding hydrogens is 1830 g/mol. The number of nitrogens with zero attached hydrogens (tertiary/aromatic N) is 15. The maximum absolute atomic E-state index is 6.56. The third kappa shape index (κ3) is 14.1. The van der Waals surface area contributed by atoms with Gasteiger partial charge in [0.2, 0.25) is 0 Å². The van der Waals surface area contributed by atoms with Crippen LogP contribution < -0.4 is 14.2 Å².